The summed E-state index contributed by atoms with van der Waals surface area (Å²) in [6, 6.07) is 0.144. The molecule has 3 fully saturated rings. The van der Waals surface area contributed by atoms with E-state index in [1.165, 1.54) is 30.9 Å². The number of nitrogens with one attached hydrogen (secondary N) is 3. The first-order valence-electron chi connectivity index (χ1n) is 19.1. The van der Waals surface area contributed by atoms with E-state index in [2.05, 4.69) is 15.4 Å². The van der Waals surface area contributed by atoms with E-state index in [0.717, 1.165) is 17.7 Å². The zero-order valence-corrected chi connectivity index (χ0v) is 34.1. The van der Waals surface area contributed by atoms with Crippen LogP contribution in [0, 0.1) is 43.9 Å². The van der Waals surface area contributed by atoms with E-state index in [0.29, 0.717) is 48.1 Å². The molecule has 4 amide bonds. The summed E-state index contributed by atoms with van der Waals surface area (Å²) >= 11 is 0. The zero-order valence-electron chi connectivity index (χ0n) is 33.3. The van der Waals surface area contributed by atoms with Gasteiger partial charge in [0.25, 0.3) is 21.7 Å². The number of carbonyl (C=O) groups is 5. The maximum absolute atomic E-state index is 14.2. The Labute approximate surface area is 330 Å². The number of fused-ring (bicyclic) bond motifs is 4. The minimum Gasteiger partial charge on any atom is -0.507 e. The predicted octanol–water partition coefficient (Wildman–Crippen LogP) is 4.56. The number of amides is 4. The second kappa shape index (κ2) is 15.9. The van der Waals surface area contributed by atoms with Crippen molar-refractivity contribution in [2.24, 2.45) is 23.2 Å². The summed E-state index contributed by atoms with van der Waals surface area (Å²) in [5, 5.41) is 15.6. The number of alkyl halides is 3. The SMILES string of the molecule is Cc1c(C)c2c(c(C)c1O)CC(C)(C(=O)NS(=O)(=O)c1ccc(C(=O)NC(C(=O)N3C4CCC(CC4)[C@@H]3C(=O)NC(C(=O)C(F)(F)F)C(C)C)C(C)C)cc1)CO2. The summed E-state index contributed by atoms with van der Waals surface area (Å²) in [5.41, 5.74) is 1.20. The van der Waals surface area contributed by atoms with Crippen LogP contribution in [0.3, 0.4) is 0 Å². The Morgan fingerprint density at radius 3 is 2.00 bits per heavy atom. The molecule has 4 aliphatic rings. The number of carbonyl (C=O) groups excluding carboxylic acids is 5. The molecule has 1 aliphatic carbocycles. The molecular weight excluding hydrogens is 770 g/mol. The fourth-order valence-corrected chi connectivity index (χ4v) is 9.24. The summed E-state index contributed by atoms with van der Waals surface area (Å²) in [6.45, 7) is 12.8. The Morgan fingerprint density at radius 2 is 1.46 bits per heavy atom. The van der Waals surface area contributed by atoms with E-state index in [-0.39, 0.29) is 35.2 Å². The number of aromatic hydroxyl groups is 1. The Bertz CT molecular complexity index is 2060. The number of phenolic OH excluding ortho intramolecular Hbond substituents is 1. The highest BCUT2D eigenvalue weighted by molar-refractivity contribution is 7.90. The van der Waals surface area contributed by atoms with Gasteiger partial charge in [-0.2, -0.15) is 13.2 Å². The molecule has 0 radical (unpaired) electrons. The van der Waals surface area contributed by atoms with Crippen LogP contribution in [-0.2, 0) is 35.6 Å². The van der Waals surface area contributed by atoms with Gasteiger partial charge in [-0.3, -0.25) is 24.0 Å². The Balaban J connectivity index is 1.29. The molecule has 3 aliphatic heterocycles. The highest BCUT2D eigenvalue weighted by Gasteiger charge is 2.52. The van der Waals surface area contributed by atoms with Crippen LogP contribution in [0.4, 0.5) is 13.2 Å². The average molecular weight is 821 g/mol. The molecule has 0 spiro atoms. The van der Waals surface area contributed by atoms with E-state index < -0.39 is 87.0 Å². The first-order valence-corrected chi connectivity index (χ1v) is 20.5. The van der Waals surface area contributed by atoms with E-state index in [9.17, 15) is 50.7 Å². The number of benzene rings is 2. The molecule has 17 heteroatoms. The van der Waals surface area contributed by atoms with Crippen LogP contribution < -0.4 is 20.1 Å². The monoisotopic (exact) mass is 820 g/mol. The summed E-state index contributed by atoms with van der Waals surface area (Å²) < 4.78 is 75.0. The molecule has 0 aromatic heterocycles. The van der Waals surface area contributed by atoms with Crippen LogP contribution in [0.1, 0.15) is 92.9 Å². The number of ether oxygens (including phenoxy) is 1. The van der Waals surface area contributed by atoms with Crippen molar-refractivity contribution >= 4 is 39.4 Å². The number of hydrogen-bond acceptors (Lipinski definition) is 9. The number of piperidine rings is 2. The summed E-state index contributed by atoms with van der Waals surface area (Å²) in [7, 11) is -4.43. The lowest BCUT2D eigenvalue weighted by Crippen LogP contribution is -2.67. The molecule has 2 saturated heterocycles. The number of hydrogen-bond donors (Lipinski definition) is 4. The lowest BCUT2D eigenvalue weighted by atomic mass is 9.73. The van der Waals surface area contributed by atoms with Gasteiger partial charge < -0.3 is 25.4 Å². The molecule has 6 rings (SSSR count). The molecule has 13 nitrogen and oxygen atoms in total. The molecule has 3 unspecified atom stereocenters. The zero-order chi connectivity index (χ0) is 42.5. The molecule has 1 saturated carbocycles. The quantitative estimate of drug-likeness (QED) is 0.252. The van der Waals surface area contributed by atoms with Crippen molar-refractivity contribution in [2.75, 3.05) is 6.61 Å². The number of Topliss-reactive ketones (excluding diaryl/α,β-unsaturated/α-hetero) is 1. The second-order valence-electron chi connectivity index (χ2n) is 16.6. The summed E-state index contributed by atoms with van der Waals surface area (Å²) in [5.74, 6) is -6.22. The van der Waals surface area contributed by atoms with Crippen LogP contribution in [0.15, 0.2) is 29.2 Å². The molecule has 312 valence electrons. The maximum Gasteiger partial charge on any atom is 0.452 e. The second-order valence-corrected chi connectivity index (χ2v) is 18.2. The molecule has 2 aromatic rings. The number of sulfonamides is 1. The van der Waals surface area contributed by atoms with Gasteiger partial charge in [-0.1, -0.05) is 27.7 Å². The third kappa shape index (κ3) is 8.49. The van der Waals surface area contributed by atoms with Crippen molar-refractivity contribution in [3.63, 3.8) is 0 Å². The standard InChI is InChI=1S/C40H51F3N4O9S/c1-19(2)29(34(49)40(41,42)43)44-36(51)31-24-9-13-26(14-10-24)47(31)37(52)30(20(3)4)45-35(50)25-11-15-27(16-12-25)57(54,55)46-38(53)39(8)17-28-23(7)32(48)21(5)22(6)33(28)56-18-39/h11-12,15-16,19-20,24,26,29-31,48H,9-10,13-14,17-18H2,1-8H3,(H,44,51)(H,45,50)(H,46,53)/t24?,26?,29?,30?,31-,39?/m1/s1. The van der Waals surface area contributed by atoms with E-state index in [4.69, 9.17) is 4.74 Å². The number of phenols is 1. The highest BCUT2D eigenvalue weighted by atomic mass is 32.2. The third-order valence-corrected chi connectivity index (χ3v) is 13.1. The van der Waals surface area contributed by atoms with Gasteiger partial charge in [-0.15, -0.1) is 0 Å². The van der Waals surface area contributed by atoms with E-state index in [1.54, 1.807) is 41.5 Å². The number of rotatable bonds is 11. The Morgan fingerprint density at radius 1 is 0.877 bits per heavy atom. The van der Waals surface area contributed by atoms with Crippen molar-refractivity contribution in [2.45, 2.75) is 123 Å². The van der Waals surface area contributed by atoms with Gasteiger partial charge in [0.05, 0.1) is 16.4 Å². The largest absolute Gasteiger partial charge is 0.507 e. The lowest BCUT2D eigenvalue weighted by molar-refractivity contribution is -0.175. The van der Waals surface area contributed by atoms with E-state index >= 15 is 0 Å². The number of nitrogens with zero attached hydrogens (tertiary/aromatic N) is 1. The van der Waals surface area contributed by atoms with Gasteiger partial charge in [-0.05, 0) is 119 Å². The van der Waals surface area contributed by atoms with Crippen molar-refractivity contribution in [3.8, 4) is 11.5 Å². The van der Waals surface area contributed by atoms with Gasteiger partial charge >= 0.3 is 6.18 Å². The van der Waals surface area contributed by atoms with Crippen LogP contribution in [-0.4, -0.2) is 84.8 Å². The minimum atomic E-state index is -5.17. The molecular formula is C40H51F3N4O9S. The van der Waals surface area contributed by atoms with Crippen LogP contribution in [0.25, 0.3) is 0 Å². The van der Waals surface area contributed by atoms with Crippen LogP contribution in [0.2, 0.25) is 0 Å². The average Bonchev–Trinajstić information content (AvgIpc) is 3.15. The van der Waals surface area contributed by atoms with Crippen molar-refractivity contribution in [1.82, 2.24) is 20.3 Å². The Hall–Kier alpha value is -4.67. The predicted molar refractivity (Wildman–Crippen MR) is 202 cm³/mol. The Kier molecular flexibility index (Phi) is 12.1. The highest BCUT2D eigenvalue weighted by Crippen LogP contribution is 2.44. The van der Waals surface area contributed by atoms with Crippen molar-refractivity contribution in [3.05, 3.63) is 52.1 Å². The van der Waals surface area contributed by atoms with Crippen LogP contribution in [0.5, 0.6) is 11.5 Å². The fourth-order valence-electron chi connectivity index (χ4n) is 8.14. The normalized spacial score (nSPS) is 23.0. The molecule has 2 bridgehead atoms. The first-order chi connectivity index (χ1) is 26.4. The van der Waals surface area contributed by atoms with Crippen molar-refractivity contribution < 1.29 is 55.4 Å². The third-order valence-electron chi connectivity index (χ3n) is 11.8. The first kappa shape index (κ1) is 43.5. The van der Waals surface area contributed by atoms with Gasteiger partial charge in [-0.25, -0.2) is 13.1 Å². The van der Waals surface area contributed by atoms with E-state index in [1.807, 2.05) is 0 Å². The van der Waals surface area contributed by atoms with Crippen LogP contribution >= 0.6 is 0 Å². The molecule has 3 heterocycles. The molecule has 4 N–H and O–H groups in total. The van der Waals surface area contributed by atoms with Gasteiger partial charge in [0.15, 0.2) is 0 Å². The smallest absolute Gasteiger partial charge is 0.452 e. The minimum absolute atomic E-state index is 0.0104. The topological polar surface area (TPSA) is 188 Å². The summed E-state index contributed by atoms with van der Waals surface area (Å²) in [4.78, 5) is 68.2. The molecule has 2 aromatic carbocycles. The van der Waals surface area contributed by atoms with Gasteiger partial charge in [0.1, 0.15) is 30.2 Å². The maximum atomic E-state index is 14.2. The molecule has 4 atom stereocenters. The molecule has 57 heavy (non-hydrogen) atoms. The fraction of sp³-hybridized carbons (Fsp3) is 0.575. The number of halogens is 3. The van der Waals surface area contributed by atoms with Crippen molar-refractivity contribution in [1.29, 1.82) is 0 Å². The number of ketones is 1. The summed E-state index contributed by atoms with van der Waals surface area (Å²) in [6.07, 6.45) is -2.83. The lowest BCUT2D eigenvalue weighted by Gasteiger charge is -2.51. The van der Waals surface area contributed by atoms with Gasteiger partial charge in [0.2, 0.25) is 17.7 Å². The van der Waals surface area contributed by atoms with Gasteiger partial charge in [0, 0.05) is 17.2 Å².